The fourth-order valence-electron chi connectivity index (χ4n) is 2.55. The van der Waals surface area contributed by atoms with Crippen LogP contribution in [0.2, 0.25) is 0 Å². The van der Waals surface area contributed by atoms with Gasteiger partial charge >= 0.3 is 0 Å². The minimum Gasteiger partial charge on any atom is -0.357 e. The van der Waals surface area contributed by atoms with E-state index in [9.17, 15) is 0 Å². The lowest BCUT2D eigenvalue weighted by atomic mass is 10.1. The van der Waals surface area contributed by atoms with Crippen molar-refractivity contribution in [3.05, 3.63) is 47.8 Å². The Morgan fingerprint density at radius 3 is 2.88 bits per heavy atom. The Labute approximate surface area is 155 Å². The SMILES string of the molecule is CCNC(=NCc1ccc(C)cc1SC)NCC(C)Cn1cccn1. The summed E-state index contributed by atoms with van der Waals surface area (Å²) in [5.74, 6) is 1.33. The topological polar surface area (TPSA) is 54.2 Å². The van der Waals surface area contributed by atoms with Crippen LogP contribution in [0, 0.1) is 12.8 Å². The fraction of sp³-hybridized carbons (Fsp3) is 0.474. The molecule has 1 heterocycles. The van der Waals surface area contributed by atoms with Gasteiger partial charge in [0.25, 0.3) is 0 Å². The van der Waals surface area contributed by atoms with Gasteiger partial charge in [0.1, 0.15) is 0 Å². The van der Waals surface area contributed by atoms with Crippen molar-refractivity contribution < 1.29 is 0 Å². The van der Waals surface area contributed by atoms with Crippen LogP contribution in [0.15, 0.2) is 46.5 Å². The number of benzene rings is 1. The summed E-state index contributed by atoms with van der Waals surface area (Å²) in [6.45, 7) is 9.71. The van der Waals surface area contributed by atoms with Crippen molar-refractivity contribution >= 4 is 17.7 Å². The molecule has 1 unspecified atom stereocenters. The summed E-state index contributed by atoms with van der Waals surface area (Å²) in [6.07, 6.45) is 5.93. The third-order valence-electron chi connectivity index (χ3n) is 3.87. The van der Waals surface area contributed by atoms with Gasteiger partial charge in [-0.1, -0.05) is 19.1 Å². The van der Waals surface area contributed by atoms with Crippen LogP contribution in [0.4, 0.5) is 0 Å². The van der Waals surface area contributed by atoms with Crippen molar-refractivity contribution in [1.82, 2.24) is 20.4 Å². The highest BCUT2D eigenvalue weighted by Gasteiger charge is 2.06. The van der Waals surface area contributed by atoms with E-state index in [1.807, 2.05) is 23.1 Å². The standard InChI is InChI=1S/C19H29N5S/c1-5-20-19(21-12-16(3)14-24-10-6-9-23-24)22-13-17-8-7-15(2)11-18(17)25-4/h6-11,16H,5,12-14H2,1-4H3,(H2,20,21,22). The number of hydrogen-bond acceptors (Lipinski definition) is 3. The largest absolute Gasteiger partial charge is 0.357 e. The molecule has 0 radical (unpaired) electrons. The van der Waals surface area contributed by atoms with E-state index in [0.717, 1.165) is 25.6 Å². The van der Waals surface area contributed by atoms with Gasteiger partial charge in [0.05, 0.1) is 6.54 Å². The monoisotopic (exact) mass is 359 g/mol. The van der Waals surface area contributed by atoms with E-state index < -0.39 is 0 Å². The van der Waals surface area contributed by atoms with Crippen molar-refractivity contribution in [1.29, 1.82) is 0 Å². The number of thioether (sulfide) groups is 1. The molecule has 0 saturated heterocycles. The molecule has 0 aliphatic heterocycles. The molecular weight excluding hydrogens is 330 g/mol. The molecule has 2 rings (SSSR count). The van der Waals surface area contributed by atoms with Gasteiger partial charge in [0, 0.05) is 36.9 Å². The summed E-state index contributed by atoms with van der Waals surface area (Å²) in [7, 11) is 0. The lowest BCUT2D eigenvalue weighted by molar-refractivity contribution is 0.443. The predicted octanol–water partition coefficient (Wildman–Crippen LogP) is 3.30. The van der Waals surface area contributed by atoms with Crippen LogP contribution in [0.5, 0.6) is 0 Å². The van der Waals surface area contributed by atoms with Gasteiger partial charge in [0.15, 0.2) is 5.96 Å². The smallest absolute Gasteiger partial charge is 0.191 e. The highest BCUT2D eigenvalue weighted by atomic mass is 32.2. The van der Waals surface area contributed by atoms with E-state index in [2.05, 4.69) is 61.0 Å². The van der Waals surface area contributed by atoms with E-state index >= 15 is 0 Å². The van der Waals surface area contributed by atoms with Gasteiger partial charge in [-0.2, -0.15) is 5.10 Å². The van der Waals surface area contributed by atoms with Crippen LogP contribution in [0.25, 0.3) is 0 Å². The Balaban J connectivity index is 1.93. The van der Waals surface area contributed by atoms with E-state index in [-0.39, 0.29) is 0 Å². The molecule has 2 aromatic rings. The molecule has 0 fully saturated rings. The first kappa shape index (κ1) is 19.4. The summed E-state index contributed by atoms with van der Waals surface area (Å²) in [5, 5.41) is 11.0. The van der Waals surface area contributed by atoms with E-state index in [4.69, 9.17) is 4.99 Å². The summed E-state index contributed by atoms with van der Waals surface area (Å²) in [5.41, 5.74) is 2.55. The maximum absolute atomic E-state index is 4.75. The zero-order valence-corrected chi connectivity index (χ0v) is 16.4. The molecule has 5 nitrogen and oxygen atoms in total. The first-order valence-electron chi connectivity index (χ1n) is 8.75. The zero-order valence-electron chi connectivity index (χ0n) is 15.6. The van der Waals surface area contributed by atoms with Crippen molar-refractivity contribution in [2.45, 2.75) is 38.8 Å². The molecule has 0 saturated carbocycles. The maximum atomic E-state index is 4.75. The van der Waals surface area contributed by atoms with Crippen LogP contribution in [-0.4, -0.2) is 35.1 Å². The molecule has 1 aromatic carbocycles. The lowest BCUT2D eigenvalue weighted by Gasteiger charge is -2.16. The Morgan fingerprint density at radius 1 is 1.36 bits per heavy atom. The van der Waals surface area contributed by atoms with Crippen molar-refractivity contribution in [3.8, 4) is 0 Å². The number of hydrogen-bond donors (Lipinski definition) is 2. The van der Waals surface area contributed by atoms with Crippen LogP contribution in [-0.2, 0) is 13.1 Å². The molecule has 1 atom stereocenters. The minimum atomic E-state index is 0.463. The Hall–Kier alpha value is -1.95. The van der Waals surface area contributed by atoms with Gasteiger partial charge in [-0.15, -0.1) is 11.8 Å². The van der Waals surface area contributed by atoms with Crippen molar-refractivity contribution in [2.75, 3.05) is 19.3 Å². The average molecular weight is 360 g/mol. The summed E-state index contributed by atoms with van der Waals surface area (Å²) >= 11 is 1.78. The number of aromatic nitrogens is 2. The Bertz CT molecular complexity index is 666. The molecule has 6 heteroatoms. The Morgan fingerprint density at radius 2 is 2.20 bits per heavy atom. The van der Waals surface area contributed by atoms with Crippen LogP contribution in [0.1, 0.15) is 25.0 Å². The second-order valence-corrected chi connectivity index (χ2v) is 7.07. The fourth-order valence-corrected chi connectivity index (χ4v) is 3.25. The third-order valence-corrected chi connectivity index (χ3v) is 4.69. The van der Waals surface area contributed by atoms with Crippen molar-refractivity contribution in [3.63, 3.8) is 0 Å². The highest BCUT2D eigenvalue weighted by molar-refractivity contribution is 7.98. The summed E-state index contributed by atoms with van der Waals surface area (Å²) < 4.78 is 1.97. The van der Waals surface area contributed by atoms with Gasteiger partial charge in [-0.3, -0.25) is 4.68 Å². The van der Waals surface area contributed by atoms with E-state index in [0.29, 0.717) is 12.5 Å². The normalized spacial score (nSPS) is 12.9. The maximum Gasteiger partial charge on any atom is 0.191 e. The molecule has 25 heavy (non-hydrogen) atoms. The summed E-state index contributed by atoms with van der Waals surface area (Å²) in [6, 6.07) is 8.50. The molecular formula is C19H29N5S. The van der Waals surface area contributed by atoms with Crippen LogP contribution < -0.4 is 10.6 Å². The lowest BCUT2D eigenvalue weighted by Crippen LogP contribution is -2.40. The number of nitrogens with one attached hydrogen (secondary N) is 2. The van der Waals surface area contributed by atoms with Crippen molar-refractivity contribution in [2.24, 2.45) is 10.9 Å². The number of aliphatic imine (C=N–C) groups is 1. The molecule has 0 amide bonds. The first-order chi connectivity index (χ1) is 12.1. The number of nitrogens with zero attached hydrogens (tertiary/aromatic N) is 3. The quantitative estimate of drug-likeness (QED) is 0.431. The molecule has 0 spiro atoms. The molecule has 0 aliphatic rings. The van der Waals surface area contributed by atoms with Gasteiger partial charge in [0.2, 0.25) is 0 Å². The number of rotatable bonds is 8. The molecule has 2 N–H and O–H groups in total. The van der Waals surface area contributed by atoms with E-state index in [1.165, 1.54) is 16.0 Å². The highest BCUT2D eigenvalue weighted by Crippen LogP contribution is 2.22. The second-order valence-electron chi connectivity index (χ2n) is 6.22. The van der Waals surface area contributed by atoms with Gasteiger partial charge in [-0.25, -0.2) is 4.99 Å². The number of guanidine groups is 1. The zero-order chi connectivity index (χ0) is 18.1. The minimum absolute atomic E-state index is 0.463. The summed E-state index contributed by atoms with van der Waals surface area (Å²) in [4.78, 5) is 6.05. The molecule has 136 valence electrons. The average Bonchev–Trinajstić information content (AvgIpc) is 3.11. The predicted molar refractivity (Wildman–Crippen MR) is 107 cm³/mol. The second kappa shape index (κ2) is 10.1. The Kier molecular flexibility index (Phi) is 7.85. The third kappa shape index (κ3) is 6.46. The molecule has 0 bridgehead atoms. The van der Waals surface area contributed by atoms with Crippen LogP contribution in [0.3, 0.4) is 0 Å². The van der Waals surface area contributed by atoms with Crippen LogP contribution >= 0.6 is 11.8 Å². The number of aryl methyl sites for hydroxylation is 1. The first-order valence-corrected chi connectivity index (χ1v) is 9.98. The molecule has 1 aromatic heterocycles. The van der Waals surface area contributed by atoms with Gasteiger partial charge < -0.3 is 10.6 Å². The van der Waals surface area contributed by atoms with E-state index in [1.54, 1.807) is 11.8 Å². The molecule has 0 aliphatic carbocycles. The van der Waals surface area contributed by atoms with Gasteiger partial charge in [-0.05, 0) is 49.3 Å².